The molecule has 0 radical (unpaired) electrons. The molecule has 4 aromatic carbocycles. The molecule has 0 aromatic heterocycles. The summed E-state index contributed by atoms with van der Waals surface area (Å²) in [6, 6.07) is 15.4. The average Bonchev–Trinajstić information content (AvgIpc) is 2.55. The van der Waals surface area contributed by atoms with E-state index >= 15 is 0 Å². The molecule has 1 aliphatic carbocycles. The molecule has 5 rings (SSSR count). The number of halogens is 1. The molecule has 0 aliphatic heterocycles. The quantitative estimate of drug-likeness (QED) is 0.338. The van der Waals surface area contributed by atoms with Gasteiger partial charge in [-0.1, -0.05) is 66.2 Å². The molecular weight excluding hydrogens is 276 g/mol. The highest BCUT2D eigenvalue weighted by Crippen LogP contribution is 2.43. The van der Waals surface area contributed by atoms with Crippen LogP contribution >= 0.6 is 11.6 Å². The Kier molecular flexibility index (Phi) is 2.20. The molecule has 21 heavy (non-hydrogen) atoms. The van der Waals surface area contributed by atoms with Crippen molar-refractivity contribution in [3.63, 3.8) is 0 Å². The number of fused-ring (bicyclic) bond motifs is 2. The molecule has 0 heterocycles. The van der Waals surface area contributed by atoms with E-state index in [1.54, 1.807) is 0 Å². The van der Waals surface area contributed by atoms with E-state index in [-0.39, 0.29) is 0 Å². The van der Waals surface area contributed by atoms with Crippen LogP contribution in [0.2, 0.25) is 5.02 Å². The smallest absolute Gasteiger partial charge is 0.0560 e. The third kappa shape index (κ3) is 1.41. The number of aryl methyl sites for hydroxylation is 1. The van der Waals surface area contributed by atoms with Crippen molar-refractivity contribution in [3.8, 4) is 0 Å². The van der Waals surface area contributed by atoms with E-state index in [0.717, 1.165) is 17.9 Å². The zero-order valence-electron chi connectivity index (χ0n) is 11.5. The summed E-state index contributed by atoms with van der Waals surface area (Å²) >= 11 is 6.73. The van der Waals surface area contributed by atoms with Gasteiger partial charge in [0.2, 0.25) is 0 Å². The molecule has 0 saturated heterocycles. The van der Waals surface area contributed by atoms with Crippen LogP contribution in [-0.4, -0.2) is 0 Å². The summed E-state index contributed by atoms with van der Waals surface area (Å²) in [4.78, 5) is 0. The summed E-state index contributed by atoms with van der Waals surface area (Å²) in [6.07, 6.45) is 6.61. The Morgan fingerprint density at radius 2 is 1.57 bits per heavy atom. The first-order valence-electron chi connectivity index (χ1n) is 7.39. The van der Waals surface area contributed by atoms with Crippen LogP contribution in [-0.2, 0) is 6.42 Å². The topological polar surface area (TPSA) is 0 Å². The lowest BCUT2D eigenvalue weighted by molar-refractivity contribution is 0.998. The molecule has 0 N–H and O–H groups in total. The molecule has 1 aliphatic rings. The fourth-order valence-corrected chi connectivity index (χ4v) is 4.15. The van der Waals surface area contributed by atoms with Gasteiger partial charge < -0.3 is 0 Å². The van der Waals surface area contributed by atoms with E-state index in [9.17, 15) is 0 Å². The molecule has 0 bridgehead atoms. The minimum absolute atomic E-state index is 0.909. The summed E-state index contributed by atoms with van der Waals surface area (Å²) in [5, 5.41) is 8.75. The van der Waals surface area contributed by atoms with Crippen LogP contribution in [0.4, 0.5) is 0 Å². The lowest BCUT2D eigenvalue weighted by Crippen LogP contribution is -1.98. The van der Waals surface area contributed by atoms with Crippen LogP contribution in [0.1, 0.15) is 17.5 Å². The average molecular weight is 289 g/mol. The first kappa shape index (κ1) is 11.6. The maximum Gasteiger partial charge on any atom is 0.0560 e. The second-order valence-electron chi connectivity index (χ2n) is 5.83. The van der Waals surface area contributed by atoms with Crippen molar-refractivity contribution in [1.82, 2.24) is 0 Å². The zero-order valence-corrected chi connectivity index (χ0v) is 12.2. The van der Waals surface area contributed by atoms with Gasteiger partial charge in [-0.2, -0.15) is 0 Å². The molecule has 0 amide bonds. The van der Waals surface area contributed by atoms with Crippen LogP contribution < -0.4 is 0 Å². The minimum atomic E-state index is 0.909. The predicted octanol–water partition coefficient (Wildman–Crippen LogP) is 6.20. The fraction of sp³-hybridized carbons (Fsp3) is 0.100. The molecule has 4 aromatic rings. The van der Waals surface area contributed by atoms with E-state index in [2.05, 4.69) is 54.6 Å². The summed E-state index contributed by atoms with van der Waals surface area (Å²) < 4.78 is 0. The zero-order chi connectivity index (χ0) is 14.0. The third-order valence-electron chi connectivity index (χ3n) is 4.75. The lowest BCUT2D eigenvalue weighted by atomic mass is 9.86. The first-order chi connectivity index (χ1) is 10.3. The summed E-state index contributed by atoms with van der Waals surface area (Å²) in [5.41, 5.74) is 2.63. The standard InChI is InChI=1S/C20H13Cl/c21-20-16-7-2-1-6-14(16)15-10-8-12-4-3-5-13-9-11-17(20)19(15)18(12)13/h2-5,7-11H,1,6H2. The maximum absolute atomic E-state index is 6.73. The van der Waals surface area contributed by atoms with Gasteiger partial charge >= 0.3 is 0 Å². The van der Waals surface area contributed by atoms with Gasteiger partial charge in [-0.3, -0.25) is 0 Å². The SMILES string of the molecule is Clc1c2c(c3ccc4cccc5ccc1c3c54)CCC=C2. The Balaban J connectivity index is 2.16. The van der Waals surface area contributed by atoms with Crippen LogP contribution in [0.25, 0.3) is 38.4 Å². The van der Waals surface area contributed by atoms with Crippen LogP contribution in [0, 0.1) is 0 Å². The van der Waals surface area contributed by atoms with Crippen molar-refractivity contribution in [1.29, 1.82) is 0 Å². The normalized spacial score (nSPS) is 14.3. The largest absolute Gasteiger partial charge is 0.0835 e. The number of benzene rings is 4. The minimum Gasteiger partial charge on any atom is -0.0835 e. The van der Waals surface area contributed by atoms with Crippen molar-refractivity contribution in [3.05, 3.63) is 64.7 Å². The molecule has 0 fully saturated rings. The second kappa shape index (κ2) is 3.99. The van der Waals surface area contributed by atoms with Crippen molar-refractivity contribution >= 4 is 50.0 Å². The number of hydrogen-bond acceptors (Lipinski definition) is 0. The van der Waals surface area contributed by atoms with Crippen LogP contribution in [0.15, 0.2) is 48.5 Å². The molecular formula is C20H13Cl. The molecule has 100 valence electrons. The van der Waals surface area contributed by atoms with Crippen molar-refractivity contribution in [2.45, 2.75) is 12.8 Å². The van der Waals surface area contributed by atoms with Gasteiger partial charge in [-0.05, 0) is 50.9 Å². The summed E-state index contributed by atoms with van der Waals surface area (Å²) in [5.74, 6) is 0. The summed E-state index contributed by atoms with van der Waals surface area (Å²) in [6.45, 7) is 0. The number of allylic oxidation sites excluding steroid dienone is 1. The summed E-state index contributed by atoms with van der Waals surface area (Å²) in [7, 11) is 0. The Morgan fingerprint density at radius 3 is 2.38 bits per heavy atom. The molecule has 0 saturated carbocycles. The Bertz CT molecular complexity index is 1020. The van der Waals surface area contributed by atoms with Gasteiger partial charge in [0, 0.05) is 5.39 Å². The third-order valence-corrected chi connectivity index (χ3v) is 5.15. The molecule has 1 heteroatoms. The van der Waals surface area contributed by atoms with E-state index in [1.165, 1.54) is 43.4 Å². The Hall–Kier alpha value is -2.05. The van der Waals surface area contributed by atoms with Crippen molar-refractivity contribution in [2.24, 2.45) is 0 Å². The maximum atomic E-state index is 6.73. The highest BCUT2D eigenvalue weighted by atomic mass is 35.5. The van der Waals surface area contributed by atoms with Gasteiger partial charge in [0.05, 0.1) is 5.02 Å². The second-order valence-corrected chi connectivity index (χ2v) is 6.21. The molecule has 0 unspecified atom stereocenters. The highest BCUT2D eigenvalue weighted by Gasteiger charge is 2.18. The monoisotopic (exact) mass is 288 g/mol. The molecule has 0 atom stereocenters. The lowest BCUT2D eigenvalue weighted by Gasteiger charge is -2.20. The van der Waals surface area contributed by atoms with Crippen molar-refractivity contribution in [2.75, 3.05) is 0 Å². The van der Waals surface area contributed by atoms with Crippen LogP contribution in [0.3, 0.4) is 0 Å². The molecule has 0 nitrogen and oxygen atoms in total. The van der Waals surface area contributed by atoms with Gasteiger partial charge in [-0.15, -0.1) is 0 Å². The van der Waals surface area contributed by atoms with E-state index in [4.69, 9.17) is 11.6 Å². The Labute approximate surface area is 128 Å². The fourth-order valence-electron chi connectivity index (χ4n) is 3.81. The van der Waals surface area contributed by atoms with Gasteiger partial charge in [-0.25, -0.2) is 0 Å². The van der Waals surface area contributed by atoms with Crippen molar-refractivity contribution < 1.29 is 0 Å². The number of rotatable bonds is 0. The van der Waals surface area contributed by atoms with E-state index < -0.39 is 0 Å². The van der Waals surface area contributed by atoms with Gasteiger partial charge in [0.25, 0.3) is 0 Å². The van der Waals surface area contributed by atoms with Gasteiger partial charge in [0.15, 0.2) is 0 Å². The predicted molar refractivity (Wildman–Crippen MR) is 92.5 cm³/mol. The molecule has 0 spiro atoms. The highest BCUT2D eigenvalue weighted by molar-refractivity contribution is 6.40. The first-order valence-corrected chi connectivity index (χ1v) is 7.77. The van der Waals surface area contributed by atoms with E-state index in [1.807, 2.05) is 0 Å². The Morgan fingerprint density at radius 1 is 0.810 bits per heavy atom. The van der Waals surface area contributed by atoms with Gasteiger partial charge in [0.1, 0.15) is 0 Å². The van der Waals surface area contributed by atoms with Crippen LogP contribution in [0.5, 0.6) is 0 Å². The number of hydrogen-bond donors (Lipinski definition) is 0. The van der Waals surface area contributed by atoms with E-state index in [0.29, 0.717) is 0 Å².